The van der Waals surface area contributed by atoms with Gasteiger partial charge in [-0.3, -0.25) is 0 Å². The number of ether oxygens (including phenoxy) is 3. The molecule has 0 spiro atoms. The molecule has 3 rings (SSSR count). The van der Waals surface area contributed by atoms with E-state index in [4.69, 9.17) is 14.2 Å². The third kappa shape index (κ3) is 2.93. The molecule has 1 atom stereocenters. The van der Waals surface area contributed by atoms with E-state index in [0.717, 1.165) is 31.6 Å². The van der Waals surface area contributed by atoms with E-state index >= 15 is 0 Å². The second-order valence-electron chi connectivity index (χ2n) is 4.93. The molecule has 1 aromatic carbocycles. The number of phenolic OH excluding ortho intramolecular Hbond substituents is 1. The highest BCUT2D eigenvalue weighted by atomic mass is 16.7. The van der Waals surface area contributed by atoms with Crippen LogP contribution in [0.5, 0.6) is 17.2 Å². The molecule has 2 aliphatic rings. The number of aromatic hydroxyl groups is 1. The lowest BCUT2D eigenvalue weighted by molar-refractivity contribution is 0.104. The van der Waals surface area contributed by atoms with Crippen molar-refractivity contribution < 1.29 is 19.3 Å². The molecule has 0 aromatic heterocycles. The second kappa shape index (κ2) is 5.67. The van der Waals surface area contributed by atoms with Gasteiger partial charge in [-0.05, 0) is 31.9 Å². The van der Waals surface area contributed by atoms with Crippen LogP contribution in [-0.4, -0.2) is 31.2 Å². The second-order valence-corrected chi connectivity index (χ2v) is 4.93. The molecule has 1 aromatic rings. The van der Waals surface area contributed by atoms with E-state index in [0.29, 0.717) is 24.1 Å². The summed E-state index contributed by atoms with van der Waals surface area (Å²) >= 11 is 0. The van der Waals surface area contributed by atoms with Crippen LogP contribution in [0.1, 0.15) is 24.8 Å². The molecule has 0 bridgehead atoms. The highest BCUT2D eigenvalue weighted by Gasteiger charge is 2.17. The first-order chi connectivity index (χ1) is 9.33. The zero-order valence-electron chi connectivity index (χ0n) is 10.9. The summed E-state index contributed by atoms with van der Waals surface area (Å²) < 4.78 is 16.1. The number of rotatable bonds is 5. The van der Waals surface area contributed by atoms with Crippen molar-refractivity contribution in [1.29, 1.82) is 0 Å². The van der Waals surface area contributed by atoms with Crippen LogP contribution in [0.3, 0.4) is 0 Å². The molecule has 0 radical (unpaired) electrons. The summed E-state index contributed by atoms with van der Waals surface area (Å²) in [6.07, 6.45) is 3.76. The fraction of sp³-hybridized carbons (Fsp3) is 0.571. The van der Waals surface area contributed by atoms with E-state index in [1.54, 1.807) is 6.07 Å². The Morgan fingerprint density at radius 1 is 1.26 bits per heavy atom. The van der Waals surface area contributed by atoms with Gasteiger partial charge >= 0.3 is 0 Å². The van der Waals surface area contributed by atoms with E-state index in [9.17, 15) is 5.11 Å². The lowest BCUT2D eigenvalue weighted by Gasteiger charge is -2.11. The fourth-order valence-electron chi connectivity index (χ4n) is 2.47. The molecule has 1 unspecified atom stereocenters. The quantitative estimate of drug-likeness (QED) is 0.795. The minimum Gasteiger partial charge on any atom is -0.507 e. The van der Waals surface area contributed by atoms with Crippen LogP contribution in [0, 0.1) is 0 Å². The number of benzene rings is 1. The van der Waals surface area contributed by atoms with Gasteiger partial charge in [0.1, 0.15) is 5.75 Å². The van der Waals surface area contributed by atoms with Gasteiger partial charge < -0.3 is 24.6 Å². The van der Waals surface area contributed by atoms with E-state index in [1.807, 2.05) is 6.07 Å². The third-order valence-electron chi connectivity index (χ3n) is 3.56. The number of nitrogens with one attached hydrogen (secondary N) is 1. The van der Waals surface area contributed by atoms with Gasteiger partial charge in [-0.25, -0.2) is 0 Å². The molecule has 2 heterocycles. The predicted molar refractivity (Wildman–Crippen MR) is 69.5 cm³/mol. The third-order valence-corrected chi connectivity index (χ3v) is 3.56. The average Bonchev–Trinajstić information content (AvgIpc) is 3.05. The summed E-state index contributed by atoms with van der Waals surface area (Å²) in [4.78, 5) is 0. The minimum atomic E-state index is 0.227. The standard InChI is InChI=1S/C14H19NO4/c16-12-7-14-13(18-9-19-14)6-10(12)8-15-4-3-11-2-1-5-17-11/h6-7,11,15-16H,1-5,8-9H2. The first kappa shape index (κ1) is 12.6. The topological polar surface area (TPSA) is 60.0 Å². The Morgan fingerprint density at radius 3 is 2.89 bits per heavy atom. The van der Waals surface area contributed by atoms with E-state index in [-0.39, 0.29) is 12.5 Å². The molecule has 2 N–H and O–H groups in total. The minimum absolute atomic E-state index is 0.227. The maximum absolute atomic E-state index is 9.89. The lowest BCUT2D eigenvalue weighted by atomic mass is 10.1. The summed E-state index contributed by atoms with van der Waals surface area (Å²) in [5, 5.41) is 13.2. The van der Waals surface area contributed by atoms with Crippen LogP contribution >= 0.6 is 0 Å². The summed E-state index contributed by atoms with van der Waals surface area (Å²) in [6.45, 7) is 2.63. The highest BCUT2D eigenvalue weighted by Crippen LogP contribution is 2.37. The molecule has 0 aliphatic carbocycles. The largest absolute Gasteiger partial charge is 0.507 e. The molecule has 0 amide bonds. The first-order valence-electron chi connectivity index (χ1n) is 6.77. The van der Waals surface area contributed by atoms with Gasteiger partial charge in [0, 0.05) is 24.8 Å². The maximum Gasteiger partial charge on any atom is 0.231 e. The van der Waals surface area contributed by atoms with Gasteiger partial charge in [0.15, 0.2) is 11.5 Å². The van der Waals surface area contributed by atoms with Crippen molar-refractivity contribution in [3.8, 4) is 17.2 Å². The highest BCUT2D eigenvalue weighted by molar-refractivity contribution is 5.51. The van der Waals surface area contributed by atoms with Crippen LogP contribution in [0.25, 0.3) is 0 Å². The van der Waals surface area contributed by atoms with E-state index < -0.39 is 0 Å². The van der Waals surface area contributed by atoms with Crippen molar-refractivity contribution in [1.82, 2.24) is 5.32 Å². The molecule has 104 valence electrons. The van der Waals surface area contributed by atoms with Gasteiger partial charge in [-0.15, -0.1) is 0 Å². The summed E-state index contributed by atoms with van der Waals surface area (Å²) in [7, 11) is 0. The molecule has 1 saturated heterocycles. The van der Waals surface area contributed by atoms with Crippen molar-refractivity contribution >= 4 is 0 Å². The molecule has 1 fully saturated rings. The predicted octanol–water partition coefficient (Wildman–Crippen LogP) is 1.78. The molecular weight excluding hydrogens is 246 g/mol. The Labute approximate surface area is 112 Å². The van der Waals surface area contributed by atoms with Gasteiger partial charge in [-0.1, -0.05) is 0 Å². The Kier molecular flexibility index (Phi) is 3.75. The van der Waals surface area contributed by atoms with Crippen molar-refractivity contribution in [2.75, 3.05) is 19.9 Å². The van der Waals surface area contributed by atoms with Crippen LogP contribution in [0.4, 0.5) is 0 Å². The van der Waals surface area contributed by atoms with Crippen molar-refractivity contribution in [2.24, 2.45) is 0 Å². The lowest BCUT2D eigenvalue weighted by Crippen LogP contribution is -2.19. The van der Waals surface area contributed by atoms with Crippen LogP contribution < -0.4 is 14.8 Å². The van der Waals surface area contributed by atoms with Crippen molar-refractivity contribution in [2.45, 2.75) is 31.9 Å². The number of hydrogen-bond acceptors (Lipinski definition) is 5. The summed E-state index contributed by atoms with van der Waals surface area (Å²) in [5.41, 5.74) is 0.830. The molecule has 5 heteroatoms. The van der Waals surface area contributed by atoms with Crippen LogP contribution in [0.2, 0.25) is 0 Å². The fourth-order valence-corrected chi connectivity index (χ4v) is 2.47. The maximum atomic E-state index is 9.89. The van der Waals surface area contributed by atoms with Crippen LogP contribution in [-0.2, 0) is 11.3 Å². The number of hydrogen-bond donors (Lipinski definition) is 2. The zero-order valence-corrected chi connectivity index (χ0v) is 10.9. The van der Waals surface area contributed by atoms with E-state index in [2.05, 4.69) is 5.32 Å². The normalized spacial score (nSPS) is 20.9. The van der Waals surface area contributed by atoms with Crippen molar-refractivity contribution in [3.63, 3.8) is 0 Å². The van der Waals surface area contributed by atoms with Gasteiger partial charge in [0.2, 0.25) is 6.79 Å². The SMILES string of the molecule is Oc1cc2c(cc1CNCCC1CCCO1)OCO2. The zero-order chi connectivity index (χ0) is 13.1. The first-order valence-corrected chi connectivity index (χ1v) is 6.77. The molecule has 0 saturated carbocycles. The molecule has 19 heavy (non-hydrogen) atoms. The van der Waals surface area contributed by atoms with Gasteiger partial charge in [0.05, 0.1) is 6.10 Å². The van der Waals surface area contributed by atoms with Gasteiger partial charge in [0.25, 0.3) is 0 Å². The average molecular weight is 265 g/mol. The van der Waals surface area contributed by atoms with Gasteiger partial charge in [-0.2, -0.15) is 0 Å². The van der Waals surface area contributed by atoms with Crippen LogP contribution in [0.15, 0.2) is 12.1 Å². The number of phenols is 1. The monoisotopic (exact) mass is 265 g/mol. The molecule has 2 aliphatic heterocycles. The summed E-state index contributed by atoms with van der Waals surface area (Å²) in [6, 6.07) is 3.44. The number of fused-ring (bicyclic) bond motifs is 1. The Balaban J connectivity index is 1.49. The Morgan fingerprint density at radius 2 is 2.11 bits per heavy atom. The Hall–Kier alpha value is -1.46. The summed E-state index contributed by atoms with van der Waals surface area (Å²) in [5.74, 6) is 1.56. The Bertz CT molecular complexity index is 443. The smallest absolute Gasteiger partial charge is 0.231 e. The molecular formula is C14H19NO4. The molecule has 5 nitrogen and oxygen atoms in total. The van der Waals surface area contributed by atoms with Crippen molar-refractivity contribution in [3.05, 3.63) is 17.7 Å². The van der Waals surface area contributed by atoms with E-state index in [1.165, 1.54) is 6.42 Å².